The van der Waals surface area contributed by atoms with Crippen LogP contribution < -0.4 is 5.32 Å². The van der Waals surface area contributed by atoms with Gasteiger partial charge in [-0.3, -0.25) is 0 Å². The second-order valence-electron chi connectivity index (χ2n) is 5.44. The van der Waals surface area contributed by atoms with Crippen LogP contribution in [0.5, 0.6) is 0 Å². The van der Waals surface area contributed by atoms with Crippen molar-refractivity contribution in [3.05, 3.63) is 76.7 Å². The highest BCUT2D eigenvalue weighted by Crippen LogP contribution is 2.24. The van der Waals surface area contributed by atoms with Crippen molar-refractivity contribution in [2.75, 3.05) is 5.32 Å². The highest BCUT2D eigenvalue weighted by molar-refractivity contribution is 6.35. The number of nitrogens with zero attached hydrogens (tertiary/aromatic N) is 4. The molecule has 25 heavy (non-hydrogen) atoms. The second kappa shape index (κ2) is 6.70. The second-order valence-corrected chi connectivity index (χ2v) is 6.28. The van der Waals surface area contributed by atoms with E-state index in [1.54, 1.807) is 16.9 Å². The Hall–Kier alpha value is -2.63. The molecule has 0 fully saturated rings. The Morgan fingerprint density at radius 1 is 1.00 bits per heavy atom. The first-order chi connectivity index (χ1) is 12.2. The zero-order valence-electron chi connectivity index (χ0n) is 13.0. The Labute approximate surface area is 154 Å². The van der Waals surface area contributed by atoms with Crippen LogP contribution >= 0.6 is 23.2 Å². The minimum Gasteiger partial charge on any atom is -0.365 e. The lowest BCUT2D eigenvalue weighted by molar-refractivity contribution is 0.895. The molecule has 2 aromatic carbocycles. The van der Waals surface area contributed by atoms with Crippen LogP contribution in [0.15, 0.2) is 61.1 Å². The van der Waals surface area contributed by atoms with Crippen molar-refractivity contribution < 1.29 is 0 Å². The number of anilines is 1. The molecular formula is C18H13Cl2N5. The first-order valence-electron chi connectivity index (χ1n) is 7.64. The zero-order valence-corrected chi connectivity index (χ0v) is 14.5. The molecule has 4 rings (SSSR count). The minimum absolute atomic E-state index is 0.526. The standard InChI is InChI=1S/C18H13Cl2N5/c19-13-7-6-12(16(20)8-13)9-21-17-15-10-24-25(18(15)23-11-22-17)14-4-2-1-3-5-14/h1-8,10-11H,9H2,(H,21,22,23). The Kier molecular flexibility index (Phi) is 4.26. The smallest absolute Gasteiger partial charge is 0.168 e. The monoisotopic (exact) mass is 369 g/mol. The largest absolute Gasteiger partial charge is 0.365 e. The average molecular weight is 370 g/mol. The number of hydrogen-bond donors (Lipinski definition) is 1. The molecule has 0 saturated carbocycles. The maximum absolute atomic E-state index is 6.22. The number of rotatable bonds is 4. The van der Waals surface area contributed by atoms with E-state index in [2.05, 4.69) is 20.4 Å². The molecule has 0 aliphatic carbocycles. The molecule has 0 saturated heterocycles. The summed E-state index contributed by atoms with van der Waals surface area (Å²) in [5.41, 5.74) is 2.63. The van der Waals surface area contributed by atoms with Crippen molar-refractivity contribution in [2.24, 2.45) is 0 Å². The maximum Gasteiger partial charge on any atom is 0.168 e. The van der Waals surface area contributed by atoms with Crippen molar-refractivity contribution in [1.29, 1.82) is 0 Å². The van der Waals surface area contributed by atoms with Crippen LogP contribution in [0.25, 0.3) is 16.7 Å². The van der Waals surface area contributed by atoms with Gasteiger partial charge in [0.2, 0.25) is 0 Å². The van der Waals surface area contributed by atoms with Crippen LogP contribution in [0.1, 0.15) is 5.56 Å². The molecule has 124 valence electrons. The van der Waals surface area contributed by atoms with Gasteiger partial charge in [0.25, 0.3) is 0 Å². The molecule has 0 spiro atoms. The van der Waals surface area contributed by atoms with Gasteiger partial charge in [0.15, 0.2) is 5.65 Å². The van der Waals surface area contributed by atoms with E-state index < -0.39 is 0 Å². The Balaban J connectivity index is 1.66. The third kappa shape index (κ3) is 3.16. The Bertz CT molecular complexity index is 1030. The summed E-state index contributed by atoms with van der Waals surface area (Å²) in [5, 5.41) is 9.81. The van der Waals surface area contributed by atoms with Gasteiger partial charge in [0.05, 0.1) is 17.3 Å². The number of nitrogens with one attached hydrogen (secondary N) is 1. The van der Waals surface area contributed by atoms with E-state index in [0.717, 1.165) is 22.3 Å². The fraction of sp³-hybridized carbons (Fsp3) is 0.0556. The van der Waals surface area contributed by atoms with Crippen LogP contribution in [0.3, 0.4) is 0 Å². The quantitative estimate of drug-likeness (QED) is 0.564. The van der Waals surface area contributed by atoms with Gasteiger partial charge in [-0.2, -0.15) is 5.10 Å². The maximum atomic E-state index is 6.22. The predicted octanol–water partition coefficient (Wildman–Crippen LogP) is 4.73. The SMILES string of the molecule is Clc1ccc(CNc2ncnc3c2cnn3-c2ccccc2)c(Cl)c1. The van der Waals surface area contributed by atoms with Gasteiger partial charge >= 0.3 is 0 Å². The van der Waals surface area contributed by atoms with Crippen molar-refractivity contribution in [2.45, 2.75) is 6.54 Å². The molecule has 2 aromatic heterocycles. The summed E-state index contributed by atoms with van der Waals surface area (Å²) in [6.45, 7) is 0.526. The first kappa shape index (κ1) is 15.9. The number of benzene rings is 2. The van der Waals surface area contributed by atoms with Gasteiger partial charge in [-0.15, -0.1) is 0 Å². The summed E-state index contributed by atoms with van der Waals surface area (Å²) in [5.74, 6) is 0.707. The molecule has 5 nitrogen and oxygen atoms in total. The van der Waals surface area contributed by atoms with Gasteiger partial charge in [-0.1, -0.05) is 47.5 Å². The third-order valence-corrected chi connectivity index (χ3v) is 4.41. The van der Waals surface area contributed by atoms with E-state index >= 15 is 0 Å². The topological polar surface area (TPSA) is 55.6 Å². The lowest BCUT2D eigenvalue weighted by Gasteiger charge is -2.08. The van der Waals surface area contributed by atoms with Gasteiger partial charge in [-0.05, 0) is 29.8 Å². The highest BCUT2D eigenvalue weighted by Gasteiger charge is 2.11. The number of hydrogen-bond acceptors (Lipinski definition) is 4. The summed E-state index contributed by atoms with van der Waals surface area (Å²) >= 11 is 12.2. The van der Waals surface area contributed by atoms with Crippen LogP contribution in [0.2, 0.25) is 10.0 Å². The molecule has 1 N–H and O–H groups in total. The third-order valence-electron chi connectivity index (χ3n) is 3.83. The van der Waals surface area contributed by atoms with E-state index in [1.165, 1.54) is 6.33 Å². The Morgan fingerprint density at radius 2 is 1.84 bits per heavy atom. The van der Waals surface area contributed by atoms with Crippen LogP contribution in [0.4, 0.5) is 5.82 Å². The summed E-state index contributed by atoms with van der Waals surface area (Å²) in [6.07, 6.45) is 3.28. The molecule has 0 aliphatic heterocycles. The molecule has 4 aromatic rings. The van der Waals surface area contributed by atoms with E-state index in [1.807, 2.05) is 42.5 Å². The van der Waals surface area contributed by atoms with E-state index in [4.69, 9.17) is 23.2 Å². The number of halogens is 2. The fourth-order valence-corrected chi connectivity index (χ4v) is 3.06. The van der Waals surface area contributed by atoms with E-state index in [9.17, 15) is 0 Å². The zero-order chi connectivity index (χ0) is 17.2. The van der Waals surface area contributed by atoms with Crippen molar-refractivity contribution in [1.82, 2.24) is 19.7 Å². The van der Waals surface area contributed by atoms with Gasteiger partial charge in [-0.25, -0.2) is 14.6 Å². The molecule has 0 amide bonds. The van der Waals surface area contributed by atoms with Crippen molar-refractivity contribution in [3.8, 4) is 5.69 Å². The van der Waals surface area contributed by atoms with Gasteiger partial charge in [0, 0.05) is 16.6 Å². The lowest BCUT2D eigenvalue weighted by atomic mass is 10.2. The van der Waals surface area contributed by atoms with E-state index in [0.29, 0.717) is 22.4 Å². The first-order valence-corrected chi connectivity index (χ1v) is 8.40. The van der Waals surface area contributed by atoms with Crippen LogP contribution in [-0.4, -0.2) is 19.7 Å². The molecule has 0 unspecified atom stereocenters. The molecule has 0 radical (unpaired) electrons. The molecule has 0 atom stereocenters. The average Bonchev–Trinajstić information content (AvgIpc) is 3.06. The van der Waals surface area contributed by atoms with E-state index in [-0.39, 0.29) is 0 Å². The Morgan fingerprint density at radius 3 is 2.64 bits per heavy atom. The summed E-state index contributed by atoms with van der Waals surface area (Å²) in [6, 6.07) is 15.3. The molecule has 0 aliphatic rings. The summed E-state index contributed by atoms with van der Waals surface area (Å²) < 4.78 is 1.79. The molecule has 2 heterocycles. The number of fused-ring (bicyclic) bond motifs is 1. The predicted molar refractivity (Wildman–Crippen MR) is 100 cm³/mol. The highest BCUT2D eigenvalue weighted by atomic mass is 35.5. The van der Waals surface area contributed by atoms with Crippen LogP contribution in [0, 0.1) is 0 Å². The number of aromatic nitrogens is 4. The number of para-hydroxylation sites is 1. The van der Waals surface area contributed by atoms with Crippen molar-refractivity contribution >= 4 is 40.1 Å². The van der Waals surface area contributed by atoms with Gasteiger partial charge < -0.3 is 5.32 Å². The van der Waals surface area contributed by atoms with Crippen molar-refractivity contribution in [3.63, 3.8) is 0 Å². The molecule has 7 heteroatoms. The summed E-state index contributed by atoms with van der Waals surface area (Å²) in [7, 11) is 0. The summed E-state index contributed by atoms with van der Waals surface area (Å²) in [4.78, 5) is 8.70. The molecular weight excluding hydrogens is 357 g/mol. The normalized spacial score (nSPS) is 11.0. The molecule has 0 bridgehead atoms. The lowest BCUT2D eigenvalue weighted by Crippen LogP contribution is -2.03. The fourth-order valence-electron chi connectivity index (χ4n) is 2.59. The van der Waals surface area contributed by atoms with Gasteiger partial charge in [0.1, 0.15) is 12.1 Å². The van der Waals surface area contributed by atoms with Crippen LogP contribution in [-0.2, 0) is 6.54 Å². The minimum atomic E-state index is 0.526.